The Balaban J connectivity index is 1.80. The largest absolute Gasteiger partial charge is 0.351 e. The molecule has 6 nitrogen and oxygen atoms in total. The van der Waals surface area contributed by atoms with Gasteiger partial charge in [0.2, 0.25) is 0 Å². The molecule has 0 unspecified atom stereocenters. The van der Waals surface area contributed by atoms with Crippen molar-refractivity contribution in [2.45, 2.75) is 53.0 Å². The van der Waals surface area contributed by atoms with Gasteiger partial charge in [-0.3, -0.25) is 9.59 Å². The lowest BCUT2D eigenvalue weighted by Gasteiger charge is -2.17. The number of fused-ring (bicyclic) bond motifs is 1. The molecule has 0 aliphatic carbocycles. The first-order valence-electron chi connectivity index (χ1n) is 9.71. The van der Waals surface area contributed by atoms with E-state index in [0.717, 1.165) is 49.2 Å². The Hall–Kier alpha value is -2.63. The zero-order valence-electron chi connectivity index (χ0n) is 16.3. The Labute approximate surface area is 160 Å². The summed E-state index contributed by atoms with van der Waals surface area (Å²) in [6.07, 6.45) is 3.69. The van der Waals surface area contributed by atoms with Crippen LogP contribution >= 0.6 is 0 Å². The van der Waals surface area contributed by atoms with Crippen LogP contribution in [0.5, 0.6) is 0 Å². The van der Waals surface area contributed by atoms with Gasteiger partial charge in [-0.15, -0.1) is 0 Å². The van der Waals surface area contributed by atoms with Crippen LogP contribution in [0.15, 0.2) is 24.3 Å². The van der Waals surface area contributed by atoms with E-state index in [0.29, 0.717) is 24.0 Å². The van der Waals surface area contributed by atoms with E-state index in [1.807, 2.05) is 35.8 Å². The second-order valence-corrected chi connectivity index (χ2v) is 7.60. The average molecular weight is 368 g/mol. The fraction of sp³-hybridized carbons (Fsp3) is 0.476. The molecule has 6 heteroatoms. The summed E-state index contributed by atoms with van der Waals surface area (Å²) < 4.78 is 1.91. The fourth-order valence-corrected chi connectivity index (χ4v) is 3.28. The van der Waals surface area contributed by atoms with Gasteiger partial charge in [0.25, 0.3) is 11.8 Å². The number of aromatic nitrogens is 2. The average Bonchev–Trinajstić information content (AvgIpc) is 3.03. The van der Waals surface area contributed by atoms with Gasteiger partial charge >= 0.3 is 0 Å². The number of anilines is 1. The summed E-state index contributed by atoms with van der Waals surface area (Å²) in [6.45, 7) is 7.59. The van der Waals surface area contributed by atoms with Crippen molar-refractivity contribution in [1.82, 2.24) is 14.9 Å². The predicted octanol–water partition coefficient (Wildman–Crippen LogP) is 3.56. The number of nitrogens with one attached hydrogen (secondary N) is 2. The monoisotopic (exact) mass is 368 g/mol. The summed E-state index contributed by atoms with van der Waals surface area (Å²) in [6, 6.07) is 7.63. The van der Waals surface area contributed by atoms with E-state index in [1.54, 1.807) is 0 Å². The first-order chi connectivity index (χ1) is 13.0. The lowest BCUT2D eigenvalue weighted by molar-refractivity contribution is 0.0946. The molecule has 144 valence electrons. The highest BCUT2D eigenvalue weighted by molar-refractivity contribution is 6.03. The van der Waals surface area contributed by atoms with Gasteiger partial charge < -0.3 is 15.2 Å². The molecule has 0 saturated heterocycles. The number of imidazole rings is 1. The normalized spacial score (nSPS) is 13.3. The summed E-state index contributed by atoms with van der Waals surface area (Å²) in [4.78, 5) is 29.8. The summed E-state index contributed by atoms with van der Waals surface area (Å²) in [7, 11) is 0. The lowest BCUT2D eigenvalue weighted by atomic mass is 10.1. The van der Waals surface area contributed by atoms with E-state index in [2.05, 4.69) is 29.5 Å². The van der Waals surface area contributed by atoms with Gasteiger partial charge in [0.15, 0.2) is 5.82 Å². The van der Waals surface area contributed by atoms with Crippen molar-refractivity contribution in [3.63, 3.8) is 0 Å². The summed E-state index contributed by atoms with van der Waals surface area (Å²) in [5, 5.41) is 5.83. The van der Waals surface area contributed by atoms with Crippen LogP contribution in [-0.2, 0) is 13.0 Å². The van der Waals surface area contributed by atoms with E-state index < -0.39 is 0 Å². The van der Waals surface area contributed by atoms with Crippen LogP contribution in [0.25, 0.3) is 0 Å². The minimum Gasteiger partial charge on any atom is -0.351 e. The number of benzene rings is 1. The first kappa shape index (κ1) is 19.1. The summed E-state index contributed by atoms with van der Waals surface area (Å²) in [5.74, 6) is 0.385. The van der Waals surface area contributed by atoms with Crippen LogP contribution < -0.4 is 10.6 Å². The number of rotatable bonds is 6. The third-order valence-electron chi connectivity index (χ3n) is 4.85. The maximum atomic E-state index is 12.8. The molecule has 0 radical (unpaired) electrons. The van der Waals surface area contributed by atoms with Crippen LogP contribution in [0.3, 0.4) is 0 Å². The standard InChI is InChI=1S/C21H28N4O2/c1-14(2)11-12-22-20(26)18-17-6-4-5-13-25(17)19(24-18)21(27)23-16-9-7-15(3)8-10-16/h7-10,14H,4-6,11-13H2,1-3H3,(H,22,26)(H,23,27). The molecule has 0 saturated carbocycles. The third kappa shape index (κ3) is 4.56. The molecule has 2 heterocycles. The van der Waals surface area contributed by atoms with E-state index >= 15 is 0 Å². The van der Waals surface area contributed by atoms with E-state index in [9.17, 15) is 9.59 Å². The predicted molar refractivity (Wildman–Crippen MR) is 106 cm³/mol. The molecule has 1 aromatic heterocycles. The smallest absolute Gasteiger partial charge is 0.291 e. The molecule has 27 heavy (non-hydrogen) atoms. The zero-order chi connectivity index (χ0) is 19.4. The Morgan fingerprint density at radius 2 is 1.89 bits per heavy atom. The van der Waals surface area contributed by atoms with Crippen molar-refractivity contribution in [2.75, 3.05) is 11.9 Å². The topological polar surface area (TPSA) is 76.0 Å². The number of carbonyl (C=O) groups is 2. The maximum Gasteiger partial charge on any atom is 0.291 e. The highest BCUT2D eigenvalue weighted by Gasteiger charge is 2.27. The molecule has 0 spiro atoms. The molecular formula is C21H28N4O2. The number of hydrogen-bond donors (Lipinski definition) is 2. The zero-order valence-corrected chi connectivity index (χ0v) is 16.3. The molecule has 3 rings (SSSR count). The van der Waals surface area contributed by atoms with Crippen molar-refractivity contribution in [3.05, 3.63) is 47.0 Å². The van der Waals surface area contributed by atoms with Gasteiger partial charge in [-0.05, 0) is 50.7 Å². The van der Waals surface area contributed by atoms with Crippen molar-refractivity contribution in [1.29, 1.82) is 0 Å². The third-order valence-corrected chi connectivity index (χ3v) is 4.85. The van der Waals surface area contributed by atoms with Gasteiger partial charge in [-0.1, -0.05) is 31.5 Å². The highest BCUT2D eigenvalue weighted by Crippen LogP contribution is 2.22. The van der Waals surface area contributed by atoms with Crippen molar-refractivity contribution < 1.29 is 9.59 Å². The molecule has 1 aromatic carbocycles. The fourth-order valence-electron chi connectivity index (χ4n) is 3.28. The second kappa shape index (κ2) is 8.37. The van der Waals surface area contributed by atoms with E-state index in [4.69, 9.17) is 0 Å². The van der Waals surface area contributed by atoms with Crippen LogP contribution in [-0.4, -0.2) is 27.9 Å². The van der Waals surface area contributed by atoms with Gasteiger partial charge in [0, 0.05) is 18.8 Å². The lowest BCUT2D eigenvalue weighted by Crippen LogP contribution is -2.27. The van der Waals surface area contributed by atoms with Gasteiger partial charge in [-0.2, -0.15) is 0 Å². The minimum atomic E-state index is -0.275. The van der Waals surface area contributed by atoms with E-state index in [-0.39, 0.29) is 11.8 Å². The summed E-state index contributed by atoms with van der Waals surface area (Å²) >= 11 is 0. The highest BCUT2D eigenvalue weighted by atomic mass is 16.2. The number of aryl methyl sites for hydroxylation is 1. The molecule has 2 amide bonds. The van der Waals surface area contributed by atoms with Crippen LogP contribution in [0, 0.1) is 12.8 Å². The number of nitrogens with zero attached hydrogens (tertiary/aromatic N) is 2. The number of hydrogen-bond acceptors (Lipinski definition) is 3. The molecule has 2 aromatic rings. The van der Waals surface area contributed by atoms with Crippen molar-refractivity contribution >= 4 is 17.5 Å². The van der Waals surface area contributed by atoms with E-state index in [1.165, 1.54) is 0 Å². The Morgan fingerprint density at radius 1 is 1.15 bits per heavy atom. The molecule has 1 aliphatic heterocycles. The molecule has 0 fully saturated rings. The van der Waals surface area contributed by atoms with Gasteiger partial charge in [0.05, 0.1) is 5.69 Å². The SMILES string of the molecule is Cc1ccc(NC(=O)c2nc(C(=O)NCCC(C)C)c3n2CCCC3)cc1. The Kier molecular flexibility index (Phi) is 5.94. The maximum absolute atomic E-state index is 12.8. The Bertz CT molecular complexity index is 821. The summed E-state index contributed by atoms with van der Waals surface area (Å²) in [5.41, 5.74) is 3.12. The van der Waals surface area contributed by atoms with Crippen LogP contribution in [0.1, 0.15) is 65.5 Å². The van der Waals surface area contributed by atoms with Gasteiger partial charge in [-0.25, -0.2) is 4.98 Å². The molecule has 0 bridgehead atoms. The minimum absolute atomic E-state index is 0.185. The molecule has 1 aliphatic rings. The number of amides is 2. The first-order valence-corrected chi connectivity index (χ1v) is 9.71. The Morgan fingerprint density at radius 3 is 2.59 bits per heavy atom. The molecular weight excluding hydrogens is 340 g/mol. The van der Waals surface area contributed by atoms with Crippen LogP contribution in [0.2, 0.25) is 0 Å². The molecule has 2 N–H and O–H groups in total. The number of carbonyl (C=O) groups excluding carboxylic acids is 2. The molecule has 0 atom stereocenters. The van der Waals surface area contributed by atoms with Crippen molar-refractivity contribution in [3.8, 4) is 0 Å². The quantitative estimate of drug-likeness (QED) is 0.819. The van der Waals surface area contributed by atoms with Crippen molar-refractivity contribution in [2.24, 2.45) is 5.92 Å². The van der Waals surface area contributed by atoms with Crippen LogP contribution in [0.4, 0.5) is 5.69 Å². The van der Waals surface area contributed by atoms with Gasteiger partial charge in [0.1, 0.15) is 5.69 Å². The second-order valence-electron chi connectivity index (χ2n) is 7.60.